The molecular formula is C31H37ClN8O3. The predicted octanol–water partition coefficient (Wildman–Crippen LogP) is 3.30. The highest BCUT2D eigenvalue weighted by Gasteiger charge is 2.29. The zero-order chi connectivity index (χ0) is 30.5. The number of urea groups is 1. The van der Waals surface area contributed by atoms with Gasteiger partial charge in [-0.05, 0) is 31.2 Å². The second kappa shape index (κ2) is 13.5. The molecule has 226 valence electrons. The molecule has 0 aliphatic carbocycles. The third-order valence-electron chi connectivity index (χ3n) is 7.99. The summed E-state index contributed by atoms with van der Waals surface area (Å²) in [6.45, 7) is 8.80. The van der Waals surface area contributed by atoms with E-state index in [1.165, 1.54) is 0 Å². The second-order valence-corrected chi connectivity index (χ2v) is 11.3. The van der Waals surface area contributed by atoms with Gasteiger partial charge in [0.15, 0.2) is 0 Å². The summed E-state index contributed by atoms with van der Waals surface area (Å²) in [6.07, 6.45) is -0.0238. The number of piperazine rings is 1. The van der Waals surface area contributed by atoms with Crippen molar-refractivity contribution < 1.29 is 14.7 Å². The number of benzene rings is 2. The number of para-hydroxylation sites is 1. The SMILES string of the molecule is CCNC(=O)Nc1cc(-c2nn(CC(O)CN3CCN(c4ccccc4C#N)CC3)c3c2CN(C(C)=O)CC3)ccc1Cl. The molecule has 5 rings (SSSR count). The number of nitriles is 1. The first-order valence-electron chi connectivity index (χ1n) is 14.6. The third-order valence-corrected chi connectivity index (χ3v) is 8.32. The smallest absolute Gasteiger partial charge is 0.319 e. The topological polar surface area (TPSA) is 130 Å². The number of hydrogen-bond donors (Lipinski definition) is 3. The van der Waals surface area contributed by atoms with Crippen LogP contribution >= 0.6 is 11.6 Å². The van der Waals surface area contributed by atoms with Crippen LogP contribution in [0.15, 0.2) is 42.5 Å². The van der Waals surface area contributed by atoms with Crippen molar-refractivity contribution >= 4 is 34.9 Å². The third kappa shape index (κ3) is 6.94. The van der Waals surface area contributed by atoms with Crippen molar-refractivity contribution in [2.75, 3.05) is 56.0 Å². The van der Waals surface area contributed by atoms with Crippen LogP contribution in [0.2, 0.25) is 5.02 Å². The summed E-state index contributed by atoms with van der Waals surface area (Å²) in [5.74, 6) is -0.00406. The maximum Gasteiger partial charge on any atom is 0.319 e. The van der Waals surface area contributed by atoms with Gasteiger partial charge in [-0.1, -0.05) is 29.8 Å². The molecule has 2 aliphatic rings. The molecule has 12 heteroatoms. The van der Waals surface area contributed by atoms with Gasteiger partial charge in [0.25, 0.3) is 0 Å². The molecule has 3 N–H and O–H groups in total. The zero-order valence-electron chi connectivity index (χ0n) is 24.5. The first kappa shape index (κ1) is 30.4. The van der Waals surface area contributed by atoms with Crippen molar-refractivity contribution in [3.63, 3.8) is 0 Å². The van der Waals surface area contributed by atoms with Crippen LogP contribution in [0.3, 0.4) is 0 Å². The van der Waals surface area contributed by atoms with Gasteiger partial charge >= 0.3 is 6.03 Å². The first-order valence-corrected chi connectivity index (χ1v) is 15.0. The van der Waals surface area contributed by atoms with Gasteiger partial charge in [0.2, 0.25) is 5.91 Å². The number of amides is 3. The molecule has 0 saturated carbocycles. The molecule has 3 amide bonds. The van der Waals surface area contributed by atoms with Crippen molar-refractivity contribution in [1.82, 2.24) is 24.9 Å². The second-order valence-electron chi connectivity index (χ2n) is 10.9. The number of β-amino-alcohol motifs (C(OH)–C–C–N with tert-alkyl or cyclic N) is 1. The molecule has 3 heterocycles. The molecule has 2 aliphatic heterocycles. The van der Waals surface area contributed by atoms with E-state index >= 15 is 0 Å². The number of carbonyl (C=O) groups is 2. The summed E-state index contributed by atoms with van der Waals surface area (Å²) in [6, 6.07) is 14.9. The molecule has 0 radical (unpaired) electrons. The Balaban J connectivity index is 1.32. The van der Waals surface area contributed by atoms with E-state index in [-0.39, 0.29) is 11.9 Å². The lowest BCUT2D eigenvalue weighted by atomic mass is 10.0. The Hall–Kier alpha value is -4.11. The van der Waals surface area contributed by atoms with Gasteiger partial charge in [-0.3, -0.25) is 14.4 Å². The largest absolute Gasteiger partial charge is 0.390 e. The van der Waals surface area contributed by atoms with Crippen molar-refractivity contribution in [2.45, 2.75) is 39.5 Å². The van der Waals surface area contributed by atoms with Crippen molar-refractivity contribution in [1.29, 1.82) is 5.26 Å². The predicted molar refractivity (Wildman–Crippen MR) is 166 cm³/mol. The summed E-state index contributed by atoms with van der Waals surface area (Å²) in [5.41, 5.74) is 5.48. The number of anilines is 2. The van der Waals surface area contributed by atoms with E-state index in [4.69, 9.17) is 16.7 Å². The Bertz CT molecular complexity index is 1530. The highest BCUT2D eigenvalue weighted by atomic mass is 35.5. The van der Waals surface area contributed by atoms with Crippen LogP contribution in [0.25, 0.3) is 11.3 Å². The van der Waals surface area contributed by atoms with Crippen molar-refractivity contribution in [3.8, 4) is 17.3 Å². The number of halogens is 1. The average Bonchev–Trinajstić information content (AvgIpc) is 3.36. The molecule has 1 saturated heterocycles. The average molecular weight is 605 g/mol. The maximum absolute atomic E-state index is 12.3. The molecular weight excluding hydrogens is 568 g/mol. The van der Waals surface area contributed by atoms with Gasteiger partial charge in [-0.25, -0.2) is 4.79 Å². The quantitative estimate of drug-likeness (QED) is 0.360. The number of carbonyl (C=O) groups excluding carboxylic acids is 2. The number of fused-ring (bicyclic) bond motifs is 1. The van der Waals surface area contributed by atoms with Gasteiger partial charge in [0, 0.05) is 82.5 Å². The van der Waals surface area contributed by atoms with Gasteiger partial charge in [0.1, 0.15) is 6.07 Å². The lowest BCUT2D eigenvalue weighted by Gasteiger charge is -2.37. The Kier molecular flexibility index (Phi) is 9.50. The number of rotatable bonds is 8. The van der Waals surface area contributed by atoms with Crippen LogP contribution in [0.5, 0.6) is 0 Å². The summed E-state index contributed by atoms with van der Waals surface area (Å²) >= 11 is 6.39. The minimum Gasteiger partial charge on any atom is -0.390 e. The Labute approximate surface area is 256 Å². The molecule has 1 unspecified atom stereocenters. The molecule has 1 aromatic heterocycles. The molecule has 1 atom stereocenters. The standard InChI is InChI=1S/C31H37ClN8O3/c1-3-34-31(43)35-27-16-22(8-9-26(27)32)30-25-20-39(21(2)41)11-10-29(25)40(36-30)19-24(42)18-37-12-14-38(15-13-37)28-7-5-4-6-23(28)17-33/h4-9,16,24,42H,3,10-15,18-20H2,1-2H3,(H2,34,35,43). The summed E-state index contributed by atoms with van der Waals surface area (Å²) in [5, 5.41) is 31.5. The molecule has 3 aromatic rings. The fraction of sp³-hybridized carbons (Fsp3) is 0.419. The minimum absolute atomic E-state index is 0.00406. The van der Waals surface area contributed by atoms with E-state index < -0.39 is 6.10 Å². The van der Waals surface area contributed by atoms with E-state index in [0.29, 0.717) is 61.1 Å². The van der Waals surface area contributed by atoms with E-state index in [9.17, 15) is 20.0 Å². The van der Waals surface area contributed by atoms with Crippen LogP contribution < -0.4 is 15.5 Å². The van der Waals surface area contributed by atoms with E-state index in [0.717, 1.165) is 48.7 Å². The van der Waals surface area contributed by atoms with Crippen molar-refractivity contribution in [3.05, 3.63) is 64.3 Å². The minimum atomic E-state index is -0.652. The van der Waals surface area contributed by atoms with Gasteiger partial charge in [-0.2, -0.15) is 10.4 Å². The summed E-state index contributed by atoms with van der Waals surface area (Å²) < 4.78 is 1.87. The van der Waals surface area contributed by atoms with E-state index in [1.54, 1.807) is 24.0 Å². The fourth-order valence-corrected chi connectivity index (χ4v) is 5.97. The fourth-order valence-electron chi connectivity index (χ4n) is 5.81. The molecule has 1 fully saturated rings. The highest BCUT2D eigenvalue weighted by Crippen LogP contribution is 2.34. The number of nitrogens with zero attached hydrogens (tertiary/aromatic N) is 6. The lowest BCUT2D eigenvalue weighted by Crippen LogP contribution is -2.49. The Morgan fingerprint density at radius 3 is 2.60 bits per heavy atom. The highest BCUT2D eigenvalue weighted by molar-refractivity contribution is 6.33. The molecule has 2 aromatic carbocycles. The lowest BCUT2D eigenvalue weighted by molar-refractivity contribution is -0.129. The molecule has 0 spiro atoms. The number of aliphatic hydroxyl groups is 1. The molecule has 11 nitrogen and oxygen atoms in total. The van der Waals surface area contributed by atoms with E-state index in [1.807, 2.05) is 41.9 Å². The monoisotopic (exact) mass is 604 g/mol. The van der Waals surface area contributed by atoms with E-state index in [2.05, 4.69) is 26.5 Å². The Morgan fingerprint density at radius 1 is 1.12 bits per heavy atom. The number of aliphatic hydroxyl groups excluding tert-OH is 1. The normalized spacial score (nSPS) is 15.9. The Morgan fingerprint density at radius 2 is 1.88 bits per heavy atom. The van der Waals surface area contributed by atoms with Crippen molar-refractivity contribution in [2.24, 2.45) is 0 Å². The maximum atomic E-state index is 12.3. The first-order chi connectivity index (χ1) is 20.8. The number of hydrogen-bond acceptors (Lipinski definition) is 7. The number of nitrogens with one attached hydrogen (secondary N) is 2. The summed E-state index contributed by atoms with van der Waals surface area (Å²) in [4.78, 5) is 30.7. The van der Waals surface area contributed by atoms with Crippen LogP contribution in [0.1, 0.15) is 30.7 Å². The molecule has 0 bridgehead atoms. The van der Waals surface area contributed by atoms with Gasteiger partial charge < -0.3 is 25.5 Å². The zero-order valence-corrected chi connectivity index (χ0v) is 25.3. The van der Waals surface area contributed by atoms with Crippen LogP contribution in [-0.2, 0) is 24.3 Å². The van der Waals surface area contributed by atoms with Crippen LogP contribution in [0, 0.1) is 11.3 Å². The molecule has 43 heavy (non-hydrogen) atoms. The van der Waals surface area contributed by atoms with Crippen LogP contribution in [-0.4, -0.2) is 88.5 Å². The number of aromatic nitrogens is 2. The van der Waals surface area contributed by atoms with Crippen LogP contribution in [0.4, 0.5) is 16.2 Å². The van der Waals surface area contributed by atoms with Gasteiger partial charge in [0.05, 0.1) is 40.3 Å². The summed E-state index contributed by atoms with van der Waals surface area (Å²) in [7, 11) is 0. The van der Waals surface area contributed by atoms with Gasteiger partial charge in [-0.15, -0.1) is 0 Å².